The first-order chi connectivity index (χ1) is 9.99. The number of aryl methyl sites for hydroxylation is 1. The van der Waals surface area contributed by atoms with Crippen LogP contribution < -0.4 is 16.0 Å². The van der Waals surface area contributed by atoms with Gasteiger partial charge < -0.3 is 9.84 Å². The van der Waals surface area contributed by atoms with Gasteiger partial charge in [0.05, 0.1) is 12.8 Å². The third kappa shape index (κ3) is 2.58. The number of benzene rings is 1. The summed E-state index contributed by atoms with van der Waals surface area (Å²) in [6.45, 7) is 1.95. The van der Waals surface area contributed by atoms with Crippen molar-refractivity contribution in [1.29, 1.82) is 0 Å². The van der Waals surface area contributed by atoms with E-state index >= 15 is 0 Å². The highest BCUT2D eigenvalue weighted by atomic mass is 16.5. The Labute approximate surface area is 119 Å². The van der Waals surface area contributed by atoms with Crippen LogP contribution in [0.3, 0.4) is 0 Å². The molecule has 0 unspecified atom stereocenters. The number of carboxylic acids is 1. The zero-order valence-corrected chi connectivity index (χ0v) is 11.6. The maximum Gasteiger partial charge on any atom is 0.342 e. The van der Waals surface area contributed by atoms with Crippen molar-refractivity contribution in [3.8, 4) is 11.4 Å². The highest BCUT2D eigenvalue weighted by Gasteiger charge is 2.17. The molecule has 7 nitrogen and oxygen atoms in total. The van der Waals surface area contributed by atoms with Gasteiger partial charge in [0.1, 0.15) is 11.3 Å². The first-order valence-corrected chi connectivity index (χ1v) is 6.23. The zero-order valence-electron chi connectivity index (χ0n) is 11.6. The van der Waals surface area contributed by atoms with Gasteiger partial charge in [-0.15, -0.1) is 0 Å². The zero-order chi connectivity index (χ0) is 15.6. The maximum atomic E-state index is 12.3. The Morgan fingerprint density at radius 2 is 1.86 bits per heavy atom. The number of rotatable bonds is 4. The van der Waals surface area contributed by atoms with E-state index in [0.717, 1.165) is 10.8 Å². The van der Waals surface area contributed by atoms with E-state index in [0.29, 0.717) is 5.75 Å². The number of carboxylic acid groups (broad SMARTS) is 1. The average molecular weight is 290 g/mol. The van der Waals surface area contributed by atoms with E-state index in [4.69, 9.17) is 9.84 Å². The van der Waals surface area contributed by atoms with E-state index in [9.17, 15) is 14.4 Å². The van der Waals surface area contributed by atoms with Gasteiger partial charge in [0, 0.05) is 12.7 Å². The SMILES string of the molecule is CCn1cc(C(=O)O)c(=O)n(-c2ccc(OC)cc2)c1=O. The third-order valence-electron chi connectivity index (χ3n) is 3.06. The molecule has 0 spiro atoms. The summed E-state index contributed by atoms with van der Waals surface area (Å²) < 4.78 is 7.02. The second kappa shape index (κ2) is 5.66. The Bertz CT molecular complexity index is 786. The summed E-state index contributed by atoms with van der Waals surface area (Å²) in [6, 6.07) is 6.22. The summed E-state index contributed by atoms with van der Waals surface area (Å²) in [5.41, 5.74) is -1.61. The molecule has 0 saturated heterocycles. The second-order valence-corrected chi connectivity index (χ2v) is 4.26. The molecule has 0 saturated carbocycles. The summed E-state index contributed by atoms with van der Waals surface area (Å²) in [5.74, 6) is -0.804. The molecule has 0 radical (unpaired) electrons. The van der Waals surface area contributed by atoms with Crippen LogP contribution in [0.25, 0.3) is 5.69 Å². The Morgan fingerprint density at radius 1 is 1.24 bits per heavy atom. The summed E-state index contributed by atoms with van der Waals surface area (Å²) in [5, 5.41) is 9.08. The molecule has 1 heterocycles. The van der Waals surface area contributed by atoms with Gasteiger partial charge in [0.2, 0.25) is 0 Å². The molecule has 7 heteroatoms. The molecule has 0 aliphatic heterocycles. The lowest BCUT2D eigenvalue weighted by Gasteiger charge is -2.10. The Morgan fingerprint density at radius 3 is 2.33 bits per heavy atom. The molecule has 0 amide bonds. The lowest BCUT2D eigenvalue weighted by molar-refractivity contribution is 0.0693. The Hall–Kier alpha value is -2.83. The van der Waals surface area contributed by atoms with Crippen LogP contribution in [0.5, 0.6) is 5.75 Å². The number of aromatic nitrogens is 2. The van der Waals surface area contributed by atoms with Crippen LogP contribution in [-0.4, -0.2) is 27.3 Å². The van der Waals surface area contributed by atoms with E-state index in [2.05, 4.69) is 0 Å². The highest BCUT2D eigenvalue weighted by molar-refractivity contribution is 5.86. The fourth-order valence-corrected chi connectivity index (χ4v) is 1.93. The fourth-order valence-electron chi connectivity index (χ4n) is 1.93. The minimum absolute atomic E-state index is 0.259. The van der Waals surface area contributed by atoms with E-state index in [1.165, 1.54) is 23.8 Å². The fraction of sp³-hybridized carbons (Fsp3) is 0.214. The van der Waals surface area contributed by atoms with Crippen molar-refractivity contribution in [3.05, 3.63) is 56.9 Å². The van der Waals surface area contributed by atoms with Gasteiger partial charge in [0.15, 0.2) is 0 Å². The van der Waals surface area contributed by atoms with Crippen molar-refractivity contribution >= 4 is 5.97 Å². The summed E-state index contributed by atoms with van der Waals surface area (Å²) in [7, 11) is 1.50. The van der Waals surface area contributed by atoms with Crippen LogP contribution >= 0.6 is 0 Å². The van der Waals surface area contributed by atoms with Crippen LogP contribution in [0.15, 0.2) is 40.1 Å². The second-order valence-electron chi connectivity index (χ2n) is 4.26. The summed E-state index contributed by atoms with van der Waals surface area (Å²) >= 11 is 0. The molecule has 1 aromatic carbocycles. The van der Waals surface area contributed by atoms with Crippen LogP contribution in [0.2, 0.25) is 0 Å². The monoisotopic (exact) mass is 290 g/mol. The molecule has 0 fully saturated rings. The van der Waals surface area contributed by atoms with E-state index in [1.807, 2.05) is 0 Å². The molecule has 0 aliphatic carbocycles. The Kier molecular flexibility index (Phi) is 3.93. The number of nitrogens with zero attached hydrogens (tertiary/aromatic N) is 2. The molecule has 2 rings (SSSR count). The maximum absolute atomic E-state index is 12.3. The van der Waals surface area contributed by atoms with Gasteiger partial charge in [-0.3, -0.25) is 9.36 Å². The number of hydrogen-bond acceptors (Lipinski definition) is 4. The number of methoxy groups -OCH3 is 1. The topological polar surface area (TPSA) is 90.5 Å². The lowest BCUT2D eigenvalue weighted by Crippen LogP contribution is -2.41. The molecule has 1 aromatic heterocycles. The van der Waals surface area contributed by atoms with Gasteiger partial charge in [-0.05, 0) is 31.2 Å². The molecule has 2 aromatic rings. The van der Waals surface area contributed by atoms with Gasteiger partial charge in [-0.1, -0.05) is 0 Å². The first kappa shape index (κ1) is 14.6. The largest absolute Gasteiger partial charge is 0.497 e. The number of hydrogen-bond donors (Lipinski definition) is 1. The molecule has 110 valence electrons. The van der Waals surface area contributed by atoms with E-state index < -0.39 is 22.8 Å². The minimum atomic E-state index is -1.37. The van der Waals surface area contributed by atoms with Gasteiger partial charge in [0.25, 0.3) is 5.56 Å². The van der Waals surface area contributed by atoms with E-state index in [-0.39, 0.29) is 12.2 Å². The van der Waals surface area contributed by atoms with Crippen molar-refractivity contribution in [2.45, 2.75) is 13.5 Å². The summed E-state index contributed by atoms with van der Waals surface area (Å²) in [4.78, 5) is 35.6. The Balaban J connectivity index is 2.77. The molecular formula is C14H14N2O5. The van der Waals surface area contributed by atoms with Crippen molar-refractivity contribution < 1.29 is 14.6 Å². The normalized spacial score (nSPS) is 10.4. The van der Waals surface area contributed by atoms with Crippen LogP contribution in [0.4, 0.5) is 0 Å². The molecule has 0 aliphatic rings. The van der Waals surface area contributed by atoms with Gasteiger partial charge in [-0.25, -0.2) is 14.2 Å². The standard InChI is InChI=1S/C14H14N2O5/c1-3-15-8-11(13(18)19)12(17)16(14(15)20)9-4-6-10(21-2)7-5-9/h4-8H,3H2,1-2H3,(H,18,19). The number of carbonyl (C=O) groups is 1. The van der Waals surface area contributed by atoms with Crippen LogP contribution in [0.1, 0.15) is 17.3 Å². The molecule has 21 heavy (non-hydrogen) atoms. The van der Waals surface area contributed by atoms with Crippen LogP contribution in [-0.2, 0) is 6.54 Å². The molecule has 0 bridgehead atoms. The molecular weight excluding hydrogens is 276 g/mol. The lowest BCUT2D eigenvalue weighted by atomic mass is 10.2. The first-order valence-electron chi connectivity index (χ1n) is 6.23. The summed E-state index contributed by atoms with van der Waals surface area (Å²) in [6.07, 6.45) is 1.06. The molecule has 1 N–H and O–H groups in total. The van der Waals surface area contributed by atoms with Crippen molar-refractivity contribution in [2.24, 2.45) is 0 Å². The third-order valence-corrected chi connectivity index (χ3v) is 3.06. The van der Waals surface area contributed by atoms with Crippen molar-refractivity contribution in [3.63, 3.8) is 0 Å². The minimum Gasteiger partial charge on any atom is -0.497 e. The van der Waals surface area contributed by atoms with Gasteiger partial charge in [-0.2, -0.15) is 0 Å². The quantitative estimate of drug-likeness (QED) is 0.896. The number of aromatic carboxylic acids is 1. The highest BCUT2D eigenvalue weighted by Crippen LogP contribution is 2.12. The average Bonchev–Trinajstić information content (AvgIpc) is 2.48. The van der Waals surface area contributed by atoms with E-state index in [1.54, 1.807) is 19.1 Å². The van der Waals surface area contributed by atoms with Gasteiger partial charge >= 0.3 is 11.7 Å². The predicted molar refractivity (Wildman–Crippen MR) is 75.5 cm³/mol. The predicted octanol–water partition coefficient (Wildman–Crippen LogP) is 0.726. The van der Waals surface area contributed by atoms with Crippen LogP contribution in [0, 0.1) is 0 Å². The smallest absolute Gasteiger partial charge is 0.342 e. The van der Waals surface area contributed by atoms with Crippen molar-refractivity contribution in [2.75, 3.05) is 7.11 Å². The van der Waals surface area contributed by atoms with Crippen molar-refractivity contribution in [1.82, 2.24) is 9.13 Å². The number of ether oxygens (including phenoxy) is 1. The molecule has 0 atom stereocenters.